The Hall–Kier alpha value is -2.88. The molecule has 2 aromatic heterocycles. The van der Waals surface area contributed by atoms with Gasteiger partial charge in [-0.1, -0.05) is 0 Å². The lowest BCUT2D eigenvalue weighted by Crippen LogP contribution is -2.61. The molecule has 35 heavy (non-hydrogen) atoms. The molecule has 1 saturated heterocycles. The van der Waals surface area contributed by atoms with Gasteiger partial charge < -0.3 is 20.2 Å². The molecule has 1 aliphatic heterocycles. The molecule has 3 atom stereocenters. The van der Waals surface area contributed by atoms with Gasteiger partial charge in [0.05, 0.1) is 18.0 Å². The summed E-state index contributed by atoms with van der Waals surface area (Å²) < 4.78 is 28.4. The predicted molar refractivity (Wildman–Crippen MR) is 125 cm³/mol. The molecule has 3 heterocycles. The van der Waals surface area contributed by atoms with Gasteiger partial charge in [0.15, 0.2) is 11.6 Å². The minimum atomic E-state index is -0.683. The maximum absolute atomic E-state index is 14.2. The molecule has 1 amide bonds. The van der Waals surface area contributed by atoms with Gasteiger partial charge in [-0.15, -0.1) is 0 Å². The molecular weight excluding hydrogens is 454 g/mol. The molecule has 2 aromatic rings. The summed E-state index contributed by atoms with van der Waals surface area (Å²) >= 11 is 0. The van der Waals surface area contributed by atoms with E-state index >= 15 is 0 Å². The topological polar surface area (TPSA) is 94.5 Å². The molecular formula is C25H30F2N6O2. The normalized spacial score (nSPS) is 33.8. The van der Waals surface area contributed by atoms with Crippen molar-refractivity contribution in [3.63, 3.8) is 0 Å². The van der Waals surface area contributed by atoms with E-state index in [-0.39, 0.29) is 23.7 Å². The van der Waals surface area contributed by atoms with Crippen molar-refractivity contribution in [1.29, 1.82) is 0 Å². The fourth-order valence-corrected chi connectivity index (χ4v) is 7.22. The molecule has 4 saturated carbocycles. The molecule has 0 spiro atoms. The van der Waals surface area contributed by atoms with Crippen molar-refractivity contribution < 1.29 is 18.7 Å². The van der Waals surface area contributed by atoms with E-state index in [2.05, 4.69) is 20.3 Å². The lowest BCUT2D eigenvalue weighted by Gasteiger charge is -2.58. The number of halogens is 2. The number of pyridine rings is 1. The average Bonchev–Trinajstić information content (AvgIpc) is 2.80. The van der Waals surface area contributed by atoms with Crippen LogP contribution in [-0.2, 0) is 0 Å². The highest BCUT2D eigenvalue weighted by molar-refractivity contribution is 5.92. The molecule has 5 fully saturated rings. The van der Waals surface area contributed by atoms with Gasteiger partial charge in [0, 0.05) is 37.9 Å². The van der Waals surface area contributed by atoms with E-state index in [4.69, 9.17) is 0 Å². The second-order valence-corrected chi connectivity index (χ2v) is 10.9. The van der Waals surface area contributed by atoms with Crippen LogP contribution in [0.5, 0.6) is 0 Å². The number of hydrogen-bond acceptors (Lipinski definition) is 7. The van der Waals surface area contributed by atoms with Crippen LogP contribution in [0.3, 0.4) is 0 Å². The van der Waals surface area contributed by atoms with Crippen LogP contribution in [0.1, 0.15) is 49.5 Å². The maximum Gasteiger partial charge on any atom is 0.270 e. The van der Waals surface area contributed by atoms with Crippen LogP contribution in [0.15, 0.2) is 24.7 Å². The first-order valence-corrected chi connectivity index (χ1v) is 12.5. The lowest BCUT2D eigenvalue weighted by molar-refractivity contribution is -0.136. The summed E-state index contributed by atoms with van der Waals surface area (Å²) in [4.78, 5) is 29.3. The number of anilines is 2. The fourth-order valence-electron chi connectivity index (χ4n) is 7.22. The van der Waals surface area contributed by atoms with E-state index in [0.717, 1.165) is 44.5 Å². The Morgan fingerprint density at radius 3 is 2.51 bits per heavy atom. The Kier molecular flexibility index (Phi) is 5.39. The SMILES string of the molecule is C[C@@H]1CN(c2c(F)cncc2F)CCN1c1nccc(C(=O)NC2C3CC4CC2CC(O)(C4)C3)n1. The van der Waals surface area contributed by atoms with Crippen molar-refractivity contribution >= 4 is 17.5 Å². The van der Waals surface area contributed by atoms with E-state index in [1.54, 1.807) is 17.2 Å². The third kappa shape index (κ3) is 4.01. The Bertz CT molecular complexity index is 1110. The molecule has 4 bridgehead atoms. The monoisotopic (exact) mass is 484 g/mol. The largest absolute Gasteiger partial charge is 0.390 e. The summed E-state index contributed by atoms with van der Waals surface area (Å²) in [7, 11) is 0. The smallest absolute Gasteiger partial charge is 0.270 e. The minimum absolute atomic E-state index is 0.0686. The molecule has 2 N–H and O–H groups in total. The van der Waals surface area contributed by atoms with Gasteiger partial charge in [0.1, 0.15) is 11.4 Å². The molecule has 4 aliphatic carbocycles. The second-order valence-electron chi connectivity index (χ2n) is 10.9. The molecule has 10 heteroatoms. The van der Waals surface area contributed by atoms with E-state index < -0.39 is 17.2 Å². The van der Waals surface area contributed by atoms with Crippen LogP contribution in [0.4, 0.5) is 20.4 Å². The van der Waals surface area contributed by atoms with E-state index in [0.29, 0.717) is 49.0 Å². The number of amides is 1. The van der Waals surface area contributed by atoms with Crippen LogP contribution in [0, 0.1) is 29.4 Å². The summed E-state index contributed by atoms with van der Waals surface area (Å²) in [5.41, 5.74) is -0.301. The molecule has 0 radical (unpaired) electrons. The minimum Gasteiger partial charge on any atom is -0.390 e. The maximum atomic E-state index is 14.2. The van der Waals surface area contributed by atoms with Gasteiger partial charge in [-0.05, 0) is 62.8 Å². The van der Waals surface area contributed by atoms with Crippen LogP contribution in [0.2, 0.25) is 0 Å². The van der Waals surface area contributed by atoms with E-state index in [1.165, 1.54) is 0 Å². The van der Waals surface area contributed by atoms with Crippen LogP contribution >= 0.6 is 0 Å². The molecule has 8 nitrogen and oxygen atoms in total. The first kappa shape index (κ1) is 22.6. The Morgan fingerprint density at radius 1 is 1.14 bits per heavy atom. The first-order valence-electron chi connectivity index (χ1n) is 12.5. The van der Waals surface area contributed by atoms with Crippen LogP contribution < -0.4 is 15.1 Å². The van der Waals surface area contributed by atoms with Gasteiger partial charge in [-0.25, -0.2) is 18.7 Å². The number of aliphatic hydroxyl groups is 1. The van der Waals surface area contributed by atoms with E-state index in [9.17, 15) is 18.7 Å². The average molecular weight is 485 g/mol. The van der Waals surface area contributed by atoms with Crippen LogP contribution in [0.25, 0.3) is 0 Å². The first-order chi connectivity index (χ1) is 16.8. The van der Waals surface area contributed by atoms with Gasteiger partial charge in [-0.3, -0.25) is 9.78 Å². The third-order valence-corrected chi connectivity index (χ3v) is 8.44. The summed E-state index contributed by atoms with van der Waals surface area (Å²) in [5, 5.41) is 14.0. The van der Waals surface area contributed by atoms with Crippen molar-refractivity contribution in [3.8, 4) is 0 Å². The highest BCUT2D eigenvalue weighted by Gasteiger charge is 2.55. The zero-order valence-corrected chi connectivity index (χ0v) is 19.7. The molecule has 186 valence electrons. The highest BCUT2D eigenvalue weighted by Crippen LogP contribution is 2.55. The number of carbonyl (C=O) groups is 1. The Morgan fingerprint density at radius 2 is 1.86 bits per heavy atom. The number of hydrogen-bond donors (Lipinski definition) is 2. The fraction of sp³-hybridized carbons (Fsp3) is 0.600. The van der Waals surface area contributed by atoms with Crippen molar-refractivity contribution in [3.05, 3.63) is 42.0 Å². The van der Waals surface area contributed by atoms with Crippen molar-refractivity contribution in [1.82, 2.24) is 20.3 Å². The quantitative estimate of drug-likeness (QED) is 0.689. The zero-order chi connectivity index (χ0) is 24.3. The van der Waals surface area contributed by atoms with Crippen molar-refractivity contribution in [2.24, 2.45) is 17.8 Å². The molecule has 2 unspecified atom stereocenters. The standard InChI is InChI=1S/C25H30F2N6O2/c1-14-13-32(22-18(26)11-28-12-19(22)27)4-5-33(14)24-29-3-2-20(30-24)23(34)31-21-16-6-15-7-17(21)10-25(35,8-15)9-16/h2-3,11-12,14-17,21,35H,4-10,13H2,1H3,(H,31,34)/t14-,15?,16?,17?,21?,25?/m1/s1. The van der Waals surface area contributed by atoms with Gasteiger partial charge in [-0.2, -0.15) is 0 Å². The predicted octanol–water partition coefficient (Wildman–Crippen LogP) is 2.53. The molecule has 7 rings (SSSR count). The summed E-state index contributed by atoms with van der Waals surface area (Å²) in [6.45, 7) is 3.17. The van der Waals surface area contributed by atoms with Gasteiger partial charge in [0.25, 0.3) is 5.91 Å². The Labute approximate surface area is 202 Å². The van der Waals surface area contributed by atoms with E-state index in [1.807, 2.05) is 11.8 Å². The Balaban J connectivity index is 1.14. The highest BCUT2D eigenvalue weighted by atomic mass is 19.1. The van der Waals surface area contributed by atoms with Crippen LogP contribution in [-0.4, -0.2) is 63.3 Å². The molecule has 0 aromatic carbocycles. The zero-order valence-electron chi connectivity index (χ0n) is 19.7. The summed E-state index contributed by atoms with van der Waals surface area (Å²) in [6.07, 6.45) is 8.19. The molecule has 5 aliphatic rings. The number of carbonyl (C=O) groups excluding carboxylic acids is 1. The van der Waals surface area contributed by atoms with Gasteiger partial charge >= 0.3 is 0 Å². The summed E-state index contributed by atoms with van der Waals surface area (Å²) in [5.74, 6) is 0.0582. The van der Waals surface area contributed by atoms with Gasteiger partial charge in [0.2, 0.25) is 5.95 Å². The van der Waals surface area contributed by atoms with Crippen molar-refractivity contribution in [2.45, 2.75) is 56.7 Å². The summed E-state index contributed by atoms with van der Waals surface area (Å²) in [6, 6.07) is 1.56. The lowest BCUT2D eigenvalue weighted by atomic mass is 9.52. The number of nitrogens with one attached hydrogen (secondary N) is 1. The number of nitrogens with zero attached hydrogens (tertiary/aromatic N) is 5. The number of aromatic nitrogens is 3. The number of rotatable bonds is 4. The second kappa shape index (κ2) is 8.36. The van der Waals surface area contributed by atoms with Crippen molar-refractivity contribution in [2.75, 3.05) is 29.4 Å². The third-order valence-electron chi connectivity index (χ3n) is 8.44. The number of piperazine rings is 1.